The maximum Gasteiger partial charge on any atom is 0.416 e. The number of hydrogen-bond acceptors (Lipinski definition) is 4. The first-order valence-electron chi connectivity index (χ1n) is 9.76. The Balaban J connectivity index is 1.49. The third kappa shape index (κ3) is 4.38. The van der Waals surface area contributed by atoms with Gasteiger partial charge in [-0.1, -0.05) is 6.92 Å². The number of likely N-dealkylation sites (tertiary alicyclic amines) is 1. The second-order valence-electron chi connectivity index (χ2n) is 8.02. The van der Waals surface area contributed by atoms with Crippen LogP contribution in [-0.4, -0.2) is 54.2 Å². The smallest absolute Gasteiger partial charge is 0.416 e. The number of ether oxygens (including phenoxy) is 1. The van der Waals surface area contributed by atoms with Gasteiger partial charge in [-0.05, 0) is 37.0 Å². The summed E-state index contributed by atoms with van der Waals surface area (Å²) in [5, 5.41) is 11.9. The summed E-state index contributed by atoms with van der Waals surface area (Å²) in [5.41, 5.74) is -1.77. The van der Waals surface area contributed by atoms with Gasteiger partial charge in [0.05, 0.1) is 24.3 Å². The summed E-state index contributed by atoms with van der Waals surface area (Å²) in [6, 6.07) is 1.55. The number of alkyl halides is 3. The maximum absolute atomic E-state index is 14.1. The van der Waals surface area contributed by atoms with Crippen molar-refractivity contribution in [2.24, 2.45) is 11.8 Å². The molecule has 1 aliphatic heterocycles. The first kappa shape index (κ1) is 22.3. The molecule has 1 heterocycles. The van der Waals surface area contributed by atoms with Crippen molar-refractivity contribution >= 4 is 12.3 Å². The van der Waals surface area contributed by atoms with E-state index in [1.165, 1.54) is 0 Å². The molecule has 3 rings (SSSR count). The normalized spacial score (nSPS) is 24.1. The van der Waals surface area contributed by atoms with E-state index in [9.17, 15) is 32.3 Å². The molecule has 0 aromatic heterocycles. The van der Waals surface area contributed by atoms with Crippen molar-refractivity contribution in [2.45, 2.75) is 37.9 Å². The summed E-state index contributed by atoms with van der Waals surface area (Å²) in [6.07, 6.45) is -3.29. The molecule has 0 unspecified atom stereocenters. The molecule has 1 saturated heterocycles. The number of aliphatic hydroxyl groups is 1. The topological polar surface area (TPSA) is 78.9 Å². The third-order valence-electron chi connectivity index (χ3n) is 5.88. The molecule has 0 radical (unpaired) electrons. The quantitative estimate of drug-likeness (QED) is 0.487. The number of nitrogens with one attached hydrogen (secondary N) is 1. The fourth-order valence-electron chi connectivity index (χ4n) is 4.06. The van der Waals surface area contributed by atoms with Crippen molar-refractivity contribution in [1.29, 1.82) is 0 Å². The summed E-state index contributed by atoms with van der Waals surface area (Å²) in [4.78, 5) is 24.7. The van der Waals surface area contributed by atoms with E-state index in [1.807, 2.05) is 0 Å². The maximum atomic E-state index is 14.1. The number of hydrogen-bond donors (Lipinski definition) is 2. The van der Waals surface area contributed by atoms with Gasteiger partial charge in [-0.2, -0.15) is 13.2 Å². The van der Waals surface area contributed by atoms with E-state index in [0.29, 0.717) is 38.4 Å². The Labute approximate surface area is 171 Å². The summed E-state index contributed by atoms with van der Waals surface area (Å²) < 4.78 is 58.4. The van der Waals surface area contributed by atoms with Crippen molar-refractivity contribution in [2.75, 3.05) is 26.3 Å². The van der Waals surface area contributed by atoms with Gasteiger partial charge >= 0.3 is 6.18 Å². The number of aliphatic hydroxyl groups excluding tert-OH is 1. The zero-order valence-corrected chi connectivity index (χ0v) is 16.5. The monoisotopic (exact) mass is 432 g/mol. The van der Waals surface area contributed by atoms with Crippen LogP contribution in [0.2, 0.25) is 0 Å². The van der Waals surface area contributed by atoms with Gasteiger partial charge in [-0.25, -0.2) is 4.39 Å². The molecule has 0 bridgehead atoms. The highest BCUT2D eigenvalue weighted by atomic mass is 19.4. The number of benzene rings is 1. The summed E-state index contributed by atoms with van der Waals surface area (Å²) in [7, 11) is 0. The highest BCUT2D eigenvalue weighted by Crippen LogP contribution is 2.40. The fourth-order valence-corrected chi connectivity index (χ4v) is 4.06. The van der Waals surface area contributed by atoms with Crippen LogP contribution in [0.5, 0.6) is 5.75 Å². The lowest BCUT2D eigenvalue weighted by atomic mass is 9.67. The molecule has 10 heteroatoms. The zero-order chi connectivity index (χ0) is 22.1. The van der Waals surface area contributed by atoms with Crippen molar-refractivity contribution < 1.29 is 37.0 Å². The predicted octanol–water partition coefficient (Wildman–Crippen LogP) is 2.13. The van der Waals surface area contributed by atoms with Crippen LogP contribution in [0.1, 0.15) is 30.9 Å². The molecule has 2 amide bonds. The molecule has 0 spiro atoms. The molecule has 166 valence electrons. The molecular formula is C20H24F4N2O4. The third-order valence-corrected chi connectivity index (χ3v) is 5.88. The number of carbonyl (C=O) groups excluding carboxylic acids is 2. The first-order chi connectivity index (χ1) is 14.1. The Morgan fingerprint density at radius 1 is 1.37 bits per heavy atom. The van der Waals surface area contributed by atoms with Crippen LogP contribution in [0.25, 0.3) is 0 Å². The molecule has 30 heavy (non-hydrogen) atoms. The van der Waals surface area contributed by atoms with E-state index >= 15 is 0 Å². The molecule has 0 atom stereocenters. The van der Waals surface area contributed by atoms with E-state index in [-0.39, 0.29) is 48.7 Å². The summed E-state index contributed by atoms with van der Waals surface area (Å²) >= 11 is 0. The van der Waals surface area contributed by atoms with Gasteiger partial charge < -0.3 is 20.1 Å². The predicted molar refractivity (Wildman–Crippen MR) is 98.1 cm³/mol. The second kappa shape index (κ2) is 8.41. The van der Waals surface area contributed by atoms with Crippen LogP contribution in [0, 0.1) is 17.7 Å². The van der Waals surface area contributed by atoms with E-state index in [2.05, 4.69) is 5.32 Å². The molecular weight excluding hydrogens is 408 g/mol. The Morgan fingerprint density at radius 2 is 2.03 bits per heavy atom. The SMILES string of the molecule is CCc1cc(OCC2CN(C(=O)C3CC(CO)(NC=O)C3)C2)c(F)cc1C(F)(F)F. The number of aryl methyl sites for hydroxylation is 1. The number of amides is 2. The van der Waals surface area contributed by atoms with Crippen LogP contribution in [0.3, 0.4) is 0 Å². The van der Waals surface area contributed by atoms with Gasteiger partial charge in [0.1, 0.15) is 0 Å². The average molecular weight is 432 g/mol. The fraction of sp³-hybridized carbons (Fsp3) is 0.600. The minimum Gasteiger partial charge on any atom is -0.490 e. The zero-order valence-electron chi connectivity index (χ0n) is 16.5. The lowest BCUT2D eigenvalue weighted by molar-refractivity contribution is -0.150. The highest BCUT2D eigenvalue weighted by Gasteiger charge is 2.49. The van der Waals surface area contributed by atoms with E-state index in [4.69, 9.17) is 4.74 Å². The van der Waals surface area contributed by atoms with E-state index in [1.54, 1.807) is 11.8 Å². The molecule has 2 N–H and O–H groups in total. The van der Waals surface area contributed by atoms with Gasteiger partial charge in [0.25, 0.3) is 0 Å². The lowest BCUT2D eigenvalue weighted by Crippen LogP contribution is -2.63. The Bertz CT molecular complexity index is 803. The number of nitrogens with zero attached hydrogens (tertiary/aromatic N) is 1. The molecule has 1 aromatic rings. The highest BCUT2D eigenvalue weighted by molar-refractivity contribution is 5.81. The Hall–Kier alpha value is -2.36. The Morgan fingerprint density at radius 3 is 2.57 bits per heavy atom. The second-order valence-corrected chi connectivity index (χ2v) is 8.02. The van der Waals surface area contributed by atoms with Gasteiger partial charge in [-0.15, -0.1) is 0 Å². The van der Waals surface area contributed by atoms with Crippen molar-refractivity contribution in [3.8, 4) is 5.75 Å². The molecule has 1 saturated carbocycles. The van der Waals surface area contributed by atoms with Crippen LogP contribution in [0.4, 0.5) is 17.6 Å². The number of halogens is 4. The summed E-state index contributed by atoms with van der Waals surface area (Å²) in [6.45, 7) is 2.23. The minimum atomic E-state index is -4.63. The Kier molecular flexibility index (Phi) is 6.26. The van der Waals surface area contributed by atoms with Crippen LogP contribution in [-0.2, 0) is 22.2 Å². The molecule has 2 aliphatic rings. The standard InChI is InChI=1S/C20H24F4N2O4/c1-2-13-3-17(16(21)4-15(13)20(22,23)24)30-9-12-7-26(8-12)18(29)14-5-19(6-14,10-27)25-11-28/h3-4,11-12,14,27H,2,5-10H2,1H3,(H,25,28). The lowest BCUT2D eigenvalue weighted by Gasteiger charge is -2.49. The van der Waals surface area contributed by atoms with Crippen molar-refractivity contribution in [3.63, 3.8) is 0 Å². The number of carbonyl (C=O) groups is 2. The van der Waals surface area contributed by atoms with E-state index < -0.39 is 23.1 Å². The first-order valence-corrected chi connectivity index (χ1v) is 9.76. The molecule has 1 aliphatic carbocycles. The minimum absolute atomic E-state index is 0.0365. The summed E-state index contributed by atoms with van der Waals surface area (Å²) in [5.74, 6) is -1.68. The van der Waals surface area contributed by atoms with Crippen LogP contribution < -0.4 is 10.1 Å². The van der Waals surface area contributed by atoms with Crippen LogP contribution >= 0.6 is 0 Å². The van der Waals surface area contributed by atoms with Gasteiger partial charge in [0.2, 0.25) is 12.3 Å². The van der Waals surface area contributed by atoms with Gasteiger partial charge in [0.15, 0.2) is 11.6 Å². The van der Waals surface area contributed by atoms with Gasteiger partial charge in [-0.3, -0.25) is 9.59 Å². The molecule has 6 nitrogen and oxygen atoms in total. The molecule has 2 fully saturated rings. The number of rotatable bonds is 8. The van der Waals surface area contributed by atoms with Gasteiger partial charge in [0, 0.05) is 24.9 Å². The van der Waals surface area contributed by atoms with Crippen molar-refractivity contribution in [1.82, 2.24) is 10.2 Å². The van der Waals surface area contributed by atoms with E-state index in [0.717, 1.165) is 6.07 Å². The average Bonchev–Trinajstić information content (AvgIpc) is 2.62. The van der Waals surface area contributed by atoms with Crippen LogP contribution in [0.15, 0.2) is 12.1 Å². The van der Waals surface area contributed by atoms with Crippen molar-refractivity contribution in [3.05, 3.63) is 29.1 Å². The molecule has 1 aromatic carbocycles. The largest absolute Gasteiger partial charge is 0.490 e.